The molecule has 3 heteroatoms. The second-order valence-corrected chi connectivity index (χ2v) is 5.40. The average Bonchev–Trinajstić information content (AvgIpc) is 2.58. The van der Waals surface area contributed by atoms with E-state index in [2.05, 4.69) is 29.1 Å². The number of nitrogens with zero attached hydrogens (tertiary/aromatic N) is 1. The standard InChI is InChI=1S/C14H25N3/c1-11(13-7-5-3-4-6-8-13)15-9-14-12(2)16-10-17-14/h10-11,13,15H,3-9H2,1-2H3,(H,16,17)/t11-/m0/s1. The highest BCUT2D eigenvalue weighted by molar-refractivity contribution is 5.08. The molecule has 0 bridgehead atoms. The predicted octanol–water partition coefficient (Wildman–Crippen LogP) is 3.17. The number of hydrogen-bond acceptors (Lipinski definition) is 2. The van der Waals surface area contributed by atoms with E-state index in [-0.39, 0.29) is 0 Å². The van der Waals surface area contributed by atoms with Gasteiger partial charge in [-0.05, 0) is 32.6 Å². The molecule has 0 aromatic carbocycles. The largest absolute Gasteiger partial charge is 0.348 e. The van der Waals surface area contributed by atoms with Gasteiger partial charge in [0.05, 0.1) is 12.0 Å². The lowest BCUT2D eigenvalue weighted by Gasteiger charge is -2.23. The van der Waals surface area contributed by atoms with Crippen LogP contribution in [0.1, 0.15) is 56.8 Å². The van der Waals surface area contributed by atoms with E-state index in [0.717, 1.165) is 18.2 Å². The molecule has 2 rings (SSSR count). The highest BCUT2D eigenvalue weighted by Gasteiger charge is 2.18. The van der Waals surface area contributed by atoms with E-state index in [1.54, 1.807) is 6.33 Å². The molecule has 1 aliphatic carbocycles. The van der Waals surface area contributed by atoms with Crippen LogP contribution in [-0.2, 0) is 6.54 Å². The quantitative estimate of drug-likeness (QED) is 0.787. The monoisotopic (exact) mass is 235 g/mol. The van der Waals surface area contributed by atoms with Crippen LogP contribution >= 0.6 is 0 Å². The zero-order valence-corrected chi connectivity index (χ0v) is 11.1. The molecule has 0 spiro atoms. The normalized spacial score (nSPS) is 20.1. The first-order chi connectivity index (χ1) is 8.27. The van der Waals surface area contributed by atoms with E-state index in [0.29, 0.717) is 6.04 Å². The molecule has 0 radical (unpaired) electrons. The van der Waals surface area contributed by atoms with E-state index < -0.39 is 0 Å². The zero-order chi connectivity index (χ0) is 12.1. The summed E-state index contributed by atoms with van der Waals surface area (Å²) in [7, 11) is 0. The molecule has 0 amide bonds. The van der Waals surface area contributed by atoms with Gasteiger partial charge in [-0.15, -0.1) is 0 Å². The van der Waals surface area contributed by atoms with Crippen LogP contribution in [0.25, 0.3) is 0 Å². The number of hydrogen-bond donors (Lipinski definition) is 2. The lowest BCUT2D eigenvalue weighted by molar-refractivity contribution is 0.335. The summed E-state index contributed by atoms with van der Waals surface area (Å²) in [6.07, 6.45) is 10.3. The van der Waals surface area contributed by atoms with Crippen LogP contribution in [0, 0.1) is 12.8 Å². The molecule has 0 unspecified atom stereocenters. The minimum absolute atomic E-state index is 0.615. The predicted molar refractivity (Wildman–Crippen MR) is 70.8 cm³/mol. The maximum Gasteiger partial charge on any atom is 0.0925 e. The lowest BCUT2D eigenvalue weighted by atomic mass is 9.93. The smallest absolute Gasteiger partial charge is 0.0925 e. The third-order valence-electron chi connectivity index (χ3n) is 4.13. The second-order valence-electron chi connectivity index (χ2n) is 5.40. The van der Waals surface area contributed by atoms with E-state index in [1.165, 1.54) is 44.2 Å². The molecule has 0 aliphatic heterocycles. The van der Waals surface area contributed by atoms with E-state index >= 15 is 0 Å². The van der Waals surface area contributed by atoms with Crippen molar-refractivity contribution < 1.29 is 0 Å². The Kier molecular flexibility index (Phi) is 4.60. The van der Waals surface area contributed by atoms with Crippen LogP contribution in [0.5, 0.6) is 0 Å². The molecular formula is C14H25N3. The van der Waals surface area contributed by atoms with Gasteiger partial charge in [-0.3, -0.25) is 0 Å². The fraction of sp³-hybridized carbons (Fsp3) is 0.786. The number of aryl methyl sites for hydroxylation is 1. The van der Waals surface area contributed by atoms with Crippen LogP contribution < -0.4 is 5.32 Å². The molecule has 3 nitrogen and oxygen atoms in total. The topological polar surface area (TPSA) is 40.7 Å². The number of aromatic amines is 1. The van der Waals surface area contributed by atoms with Crippen LogP contribution in [0.3, 0.4) is 0 Å². The Morgan fingerprint density at radius 3 is 2.65 bits per heavy atom. The first-order valence-electron chi connectivity index (χ1n) is 6.99. The summed E-state index contributed by atoms with van der Waals surface area (Å²) >= 11 is 0. The van der Waals surface area contributed by atoms with Gasteiger partial charge in [0.15, 0.2) is 0 Å². The molecule has 2 N–H and O–H groups in total. The van der Waals surface area contributed by atoms with Gasteiger partial charge in [0.25, 0.3) is 0 Å². The molecule has 1 heterocycles. The first kappa shape index (κ1) is 12.6. The van der Waals surface area contributed by atoms with Gasteiger partial charge in [0.1, 0.15) is 0 Å². The Labute approximate surface area is 104 Å². The zero-order valence-electron chi connectivity index (χ0n) is 11.1. The van der Waals surface area contributed by atoms with Crippen LogP contribution in [0.2, 0.25) is 0 Å². The number of rotatable bonds is 4. The molecule has 1 aliphatic rings. The molecular weight excluding hydrogens is 210 g/mol. The van der Waals surface area contributed by atoms with Gasteiger partial charge in [-0.2, -0.15) is 0 Å². The SMILES string of the molecule is Cc1[nH]cnc1CN[C@@H](C)C1CCCCCC1. The van der Waals surface area contributed by atoms with Gasteiger partial charge in [-0.1, -0.05) is 25.7 Å². The molecule has 96 valence electrons. The highest BCUT2D eigenvalue weighted by Crippen LogP contribution is 2.25. The number of H-pyrrole nitrogens is 1. The Morgan fingerprint density at radius 1 is 1.35 bits per heavy atom. The van der Waals surface area contributed by atoms with Crippen molar-refractivity contribution in [3.63, 3.8) is 0 Å². The Bertz CT molecular complexity index is 324. The Morgan fingerprint density at radius 2 is 2.06 bits per heavy atom. The summed E-state index contributed by atoms with van der Waals surface area (Å²) < 4.78 is 0. The molecule has 1 fully saturated rings. The first-order valence-corrected chi connectivity index (χ1v) is 6.99. The summed E-state index contributed by atoms with van der Waals surface area (Å²) in [5.74, 6) is 0.858. The third-order valence-corrected chi connectivity index (χ3v) is 4.13. The van der Waals surface area contributed by atoms with Gasteiger partial charge in [-0.25, -0.2) is 4.98 Å². The van der Waals surface area contributed by atoms with Crippen molar-refractivity contribution in [2.24, 2.45) is 5.92 Å². The summed E-state index contributed by atoms with van der Waals surface area (Å²) in [4.78, 5) is 7.46. The van der Waals surface area contributed by atoms with E-state index in [4.69, 9.17) is 0 Å². The molecule has 17 heavy (non-hydrogen) atoms. The van der Waals surface area contributed by atoms with Gasteiger partial charge in [0.2, 0.25) is 0 Å². The van der Waals surface area contributed by atoms with Gasteiger partial charge >= 0.3 is 0 Å². The highest BCUT2D eigenvalue weighted by atomic mass is 15.0. The summed E-state index contributed by atoms with van der Waals surface area (Å²) in [5.41, 5.74) is 2.34. The average molecular weight is 235 g/mol. The third kappa shape index (κ3) is 3.56. The Hall–Kier alpha value is -0.830. The number of imidazole rings is 1. The van der Waals surface area contributed by atoms with Crippen LogP contribution in [0.4, 0.5) is 0 Å². The fourth-order valence-corrected chi connectivity index (χ4v) is 2.80. The van der Waals surface area contributed by atoms with Crippen LogP contribution in [-0.4, -0.2) is 16.0 Å². The van der Waals surface area contributed by atoms with Crippen molar-refractivity contribution in [3.05, 3.63) is 17.7 Å². The van der Waals surface area contributed by atoms with Crippen molar-refractivity contribution in [2.45, 2.75) is 65.0 Å². The van der Waals surface area contributed by atoms with Crippen LogP contribution in [0.15, 0.2) is 6.33 Å². The molecule has 0 saturated heterocycles. The molecule has 1 aromatic rings. The summed E-state index contributed by atoms with van der Waals surface area (Å²) in [6, 6.07) is 0.615. The van der Waals surface area contributed by atoms with Crippen molar-refractivity contribution in [2.75, 3.05) is 0 Å². The van der Waals surface area contributed by atoms with E-state index in [1.807, 2.05) is 0 Å². The fourth-order valence-electron chi connectivity index (χ4n) is 2.80. The minimum Gasteiger partial charge on any atom is -0.348 e. The molecule has 1 atom stereocenters. The minimum atomic E-state index is 0.615. The summed E-state index contributed by atoms with van der Waals surface area (Å²) in [5, 5.41) is 3.64. The maximum absolute atomic E-state index is 4.33. The van der Waals surface area contributed by atoms with Crippen molar-refractivity contribution in [1.29, 1.82) is 0 Å². The number of aromatic nitrogens is 2. The Balaban J connectivity index is 1.80. The van der Waals surface area contributed by atoms with E-state index in [9.17, 15) is 0 Å². The molecule has 1 aromatic heterocycles. The van der Waals surface area contributed by atoms with Gasteiger partial charge in [0, 0.05) is 18.3 Å². The van der Waals surface area contributed by atoms with Gasteiger partial charge < -0.3 is 10.3 Å². The lowest BCUT2D eigenvalue weighted by Crippen LogP contribution is -2.33. The maximum atomic E-state index is 4.33. The molecule has 1 saturated carbocycles. The second kappa shape index (κ2) is 6.20. The summed E-state index contributed by atoms with van der Waals surface area (Å²) in [6.45, 7) is 5.31. The van der Waals surface area contributed by atoms with Crippen molar-refractivity contribution >= 4 is 0 Å². The van der Waals surface area contributed by atoms with Crippen molar-refractivity contribution in [1.82, 2.24) is 15.3 Å². The van der Waals surface area contributed by atoms with Crippen molar-refractivity contribution in [3.8, 4) is 0 Å². The number of nitrogens with one attached hydrogen (secondary N) is 2.